The quantitative estimate of drug-likeness (QED) is 0.0146. The zero-order valence-corrected chi connectivity index (χ0v) is 70.0. The number of hydrogen-bond donors (Lipinski definition) is 4. The van der Waals surface area contributed by atoms with Gasteiger partial charge in [0.15, 0.2) is 6.10 Å². The first-order valence-corrected chi connectivity index (χ1v) is 45.4. The molecule has 0 bridgehead atoms. The Kier molecular flexibility index (Phi) is 78.5. The fourth-order valence-corrected chi connectivity index (χ4v) is 12.6. The molecule has 4 N–H and O–H groups in total. The van der Waals surface area contributed by atoms with Crippen molar-refractivity contribution in [1.82, 2.24) is 0 Å². The topological polar surface area (TPSA) is 231 Å². The minimum absolute atomic E-state index is 0.0724. The van der Waals surface area contributed by atoms with E-state index in [2.05, 4.69) is 191 Å². The van der Waals surface area contributed by atoms with E-state index in [0.29, 0.717) is 19.3 Å². The van der Waals surface area contributed by atoms with E-state index >= 15 is 0 Å². The van der Waals surface area contributed by atoms with Crippen molar-refractivity contribution < 1.29 is 75.8 Å². The zero-order chi connectivity index (χ0) is 79.4. The summed E-state index contributed by atoms with van der Waals surface area (Å²) < 4.78 is 61.2. The summed E-state index contributed by atoms with van der Waals surface area (Å²) in [6.07, 6.45) is 106. The van der Waals surface area contributed by atoms with Gasteiger partial charge in [0.2, 0.25) is 0 Å². The maximum atomic E-state index is 13.0. The molecule has 5 unspecified atom stereocenters. The molecular formula is C91H152O16P2. The summed E-state index contributed by atoms with van der Waals surface area (Å²) in [7, 11) is -9.82. The van der Waals surface area contributed by atoms with Crippen molar-refractivity contribution in [2.75, 3.05) is 39.6 Å². The molecule has 0 aliphatic heterocycles. The second-order valence-electron chi connectivity index (χ2n) is 27.9. The van der Waals surface area contributed by atoms with Crippen LogP contribution in [-0.2, 0) is 55.8 Å². The van der Waals surface area contributed by atoms with E-state index in [1.165, 1.54) is 116 Å². The third-order valence-electron chi connectivity index (χ3n) is 17.4. The first-order chi connectivity index (χ1) is 53.2. The lowest BCUT2D eigenvalue weighted by atomic mass is 10.0. The van der Waals surface area contributed by atoms with Crippen LogP contribution in [0.1, 0.15) is 329 Å². The van der Waals surface area contributed by atoms with Gasteiger partial charge in [0.25, 0.3) is 0 Å². The van der Waals surface area contributed by atoms with Crippen molar-refractivity contribution in [3.8, 4) is 0 Å². The largest absolute Gasteiger partial charge is 0.472 e. The van der Waals surface area contributed by atoms with Gasteiger partial charge in [-0.1, -0.05) is 326 Å². The lowest BCUT2D eigenvalue weighted by Gasteiger charge is -2.21. The number of phosphoric acid groups is 2. The second kappa shape index (κ2) is 82.4. The van der Waals surface area contributed by atoms with E-state index in [1.807, 2.05) is 0 Å². The average molecular weight is 1560 g/mol. The van der Waals surface area contributed by atoms with Gasteiger partial charge in [-0.3, -0.25) is 32.5 Å². The van der Waals surface area contributed by atoms with Gasteiger partial charge in [-0.05, 0) is 154 Å². The second-order valence-corrected chi connectivity index (χ2v) is 30.8. The SMILES string of the molecule is CC/C=C\C/C=C\C/C=C\C/C=C\C/C=C\C/C=C\CCCCC(=O)OCC(COP(=O)(O)OCC(O)COP(=O)(O)OCC(O)COC(=O)CCCCCCCCCCCCCCCCCCC/C=C\C/C=C\C/C=C\C/C=C\CCCCC)OC(=O)CCCCCCCC/C=C\C/C=C\C/C=C\C/C=C\CC. The number of hydrogen-bond acceptors (Lipinski definition) is 14. The molecule has 0 aliphatic carbocycles. The minimum atomic E-state index is -4.95. The summed E-state index contributed by atoms with van der Waals surface area (Å²) in [5, 5.41) is 20.7. The highest BCUT2D eigenvalue weighted by molar-refractivity contribution is 7.47. The zero-order valence-electron chi connectivity index (χ0n) is 68.2. The lowest BCUT2D eigenvalue weighted by molar-refractivity contribution is -0.161. The highest BCUT2D eigenvalue weighted by Gasteiger charge is 2.29. The summed E-state index contributed by atoms with van der Waals surface area (Å²) in [6, 6.07) is 0. The van der Waals surface area contributed by atoms with E-state index < -0.39 is 91.5 Å². The Hall–Kier alpha value is -5.09. The Labute approximate surface area is 662 Å². The molecule has 0 fully saturated rings. The van der Waals surface area contributed by atoms with Crippen LogP contribution in [0.5, 0.6) is 0 Å². The van der Waals surface area contributed by atoms with Crippen LogP contribution in [-0.4, -0.2) is 95.9 Å². The maximum absolute atomic E-state index is 13.0. The van der Waals surface area contributed by atoms with Crippen LogP contribution < -0.4 is 0 Å². The number of unbranched alkanes of at least 4 members (excludes halogenated alkanes) is 28. The van der Waals surface area contributed by atoms with E-state index in [9.17, 15) is 43.5 Å². The number of phosphoric ester groups is 2. The smallest absolute Gasteiger partial charge is 0.463 e. The molecule has 0 radical (unpaired) electrons. The van der Waals surface area contributed by atoms with Crippen LogP contribution in [0, 0.1) is 0 Å². The molecule has 0 rings (SSSR count). The summed E-state index contributed by atoms with van der Waals surface area (Å²) in [6.45, 7) is 2.37. The predicted molar refractivity (Wildman–Crippen MR) is 454 cm³/mol. The molecule has 16 nitrogen and oxygen atoms in total. The molecule has 0 aromatic carbocycles. The van der Waals surface area contributed by atoms with E-state index in [4.69, 9.17) is 32.3 Å². The van der Waals surface area contributed by atoms with Gasteiger partial charge >= 0.3 is 33.6 Å². The van der Waals surface area contributed by atoms with Crippen LogP contribution >= 0.6 is 15.6 Å². The number of ether oxygens (including phenoxy) is 3. The van der Waals surface area contributed by atoms with Crippen molar-refractivity contribution in [2.45, 2.75) is 347 Å². The van der Waals surface area contributed by atoms with Crippen molar-refractivity contribution >= 4 is 33.6 Å². The first kappa shape index (κ1) is 104. The van der Waals surface area contributed by atoms with Gasteiger partial charge in [0, 0.05) is 19.3 Å². The fourth-order valence-electron chi connectivity index (χ4n) is 11.0. The molecule has 109 heavy (non-hydrogen) atoms. The summed E-state index contributed by atoms with van der Waals surface area (Å²) in [4.78, 5) is 58.8. The Balaban J connectivity index is 4.56. The molecule has 0 saturated carbocycles. The number of esters is 3. The molecular weight excluding hydrogens is 1410 g/mol. The van der Waals surface area contributed by atoms with Crippen molar-refractivity contribution in [1.29, 1.82) is 0 Å². The van der Waals surface area contributed by atoms with Crippen LogP contribution in [0.4, 0.5) is 0 Å². The Bertz CT molecular complexity index is 2660. The summed E-state index contributed by atoms with van der Waals surface area (Å²) in [5.41, 5.74) is 0. The maximum Gasteiger partial charge on any atom is 0.472 e. The molecule has 0 aromatic rings. The van der Waals surface area contributed by atoms with Crippen molar-refractivity contribution in [2.24, 2.45) is 0 Å². The third-order valence-corrected chi connectivity index (χ3v) is 19.3. The molecule has 5 atom stereocenters. The normalized spacial score (nSPS) is 14.7. The van der Waals surface area contributed by atoms with Crippen LogP contribution in [0.15, 0.2) is 170 Å². The Morgan fingerprint density at radius 3 is 0.789 bits per heavy atom. The fraction of sp³-hybridized carbons (Fsp3) is 0.659. The molecule has 18 heteroatoms. The van der Waals surface area contributed by atoms with Gasteiger partial charge in [0.05, 0.1) is 26.4 Å². The summed E-state index contributed by atoms with van der Waals surface area (Å²) >= 11 is 0. The number of aliphatic hydroxyl groups excluding tert-OH is 2. The van der Waals surface area contributed by atoms with Gasteiger partial charge in [-0.2, -0.15) is 0 Å². The number of allylic oxidation sites excluding steroid dienone is 28. The predicted octanol–water partition coefficient (Wildman–Crippen LogP) is 25.5. The number of carbonyl (C=O) groups is 3. The molecule has 0 aliphatic rings. The number of carbonyl (C=O) groups excluding carboxylic acids is 3. The van der Waals surface area contributed by atoms with E-state index in [1.54, 1.807) is 0 Å². The van der Waals surface area contributed by atoms with Gasteiger partial charge < -0.3 is 34.2 Å². The summed E-state index contributed by atoms with van der Waals surface area (Å²) in [5.74, 6) is -1.65. The molecule has 0 amide bonds. The average Bonchev–Trinajstić information content (AvgIpc) is 0.906. The minimum Gasteiger partial charge on any atom is -0.463 e. The first-order valence-electron chi connectivity index (χ1n) is 42.4. The van der Waals surface area contributed by atoms with Crippen LogP contribution in [0.3, 0.4) is 0 Å². The standard InChI is InChI=1S/C91H152O16P2/c1-4-7-10-13-16-19-22-25-28-31-34-36-37-38-39-40-41-42-43-44-45-46-47-49-52-53-56-59-62-65-68-71-74-77-89(94)101-80-86(92)81-103-108(97,98)104-82-87(93)83-105-109(99,100)106-85-88(107-91(96)79-76-73-70-67-64-61-58-55-50-33-30-27-24-21-18-15-12-9-6-3)84-102-90(95)78-75-72-69-66-63-60-57-54-51-48-35-32-29-26-23-20-17-14-11-8-5-2/h8-9,11-12,16-21,25-30,34-36,38-39,48,50,54-55,57,63,66,86-88,92-93H,4-7,10,13-15,22-24,31-33,37,40-47,49,51-53,56,58-62,64-65,67-85H2,1-3H3,(H,97,98)(H,99,100)/b11-8-,12-9-,19-16-,20-17-,21-18-,28-25-,29-26-,30-27-,36-34-,39-38-,48-35-,55-50-,57-54-,66-63-. The Morgan fingerprint density at radius 2 is 0.486 bits per heavy atom. The van der Waals surface area contributed by atoms with Gasteiger partial charge in [-0.15, -0.1) is 0 Å². The van der Waals surface area contributed by atoms with E-state index in [-0.39, 0.29) is 19.3 Å². The van der Waals surface area contributed by atoms with Gasteiger partial charge in [0.1, 0.15) is 25.4 Å². The van der Waals surface area contributed by atoms with Crippen molar-refractivity contribution in [3.63, 3.8) is 0 Å². The molecule has 622 valence electrons. The number of aliphatic hydroxyl groups is 2. The Morgan fingerprint density at radius 1 is 0.266 bits per heavy atom. The van der Waals surface area contributed by atoms with E-state index in [0.717, 1.165) is 154 Å². The number of rotatable bonds is 79. The highest BCUT2D eigenvalue weighted by Crippen LogP contribution is 2.45. The van der Waals surface area contributed by atoms with Crippen LogP contribution in [0.2, 0.25) is 0 Å². The molecule has 0 spiro atoms. The highest BCUT2D eigenvalue weighted by atomic mass is 31.2. The monoisotopic (exact) mass is 1560 g/mol. The molecule has 0 heterocycles. The lowest BCUT2D eigenvalue weighted by Crippen LogP contribution is -2.30. The van der Waals surface area contributed by atoms with Gasteiger partial charge in [-0.25, -0.2) is 9.13 Å². The molecule has 0 saturated heterocycles. The van der Waals surface area contributed by atoms with Crippen molar-refractivity contribution in [3.05, 3.63) is 170 Å². The third kappa shape index (κ3) is 83.7. The van der Waals surface area contributed by atoms with Crippen LogP contribution in [0.25, 0.3) is 0 Å². The molecule has 0 aromatic heterocycles.